The van der Waals surface area contributed by atoms with Gasteiger partial charge in [0.1, 0.15) is 5.82 Å². The van der Waals surface area contributed by atoms with Gasteiger partial charge in [-0.3, -0.25) is 4.72 Å². The lowest BCUT2D eigenvalue weighted by molar-refractivity contribution is 0.597. The Balaban J connectivity index is 2.06. The van der Waals surface area contributed by atoms with Crippen LogP contribution < -0.4 is 4.72 Å². The molecule has 0 aliphatic heterocycles. The molecule has 1 fully saturated rings. The second-order valence-electron chi connectivity index (χ2n) is 3.69. The van der Waals surface area contributed by atoms with E-state index in [2.05, 4.69) is 9.71 Å². The molecule has 1 saturated carbocycles. The van der Waals surface area contributed by atoms with Crippen LogP contribution in [0.5, 0.6) is 0 Å². The average molecular weight is 247 g/mol. The van der Waals surface area contributed by atoms with E-state index in [4.69, 9.17) is 11.6 Å². The summed E-state index contributed by atoms with van der Waals surface area (Å²) in [6.07, 6.45) is 3.48. The maximum Gasteiger partial charge on any atom is 0.234 e. The summed E-state index contributed by atoms with van der Waals surface area (Å²) in [5, 5.41) is 0.467. The Morgan fingerprint density at radius 3 is 2.87 bits per heavy atom. The molecule has 0 radical (unpaired) electrons. The first kappa shape index (κ1) is 10.7. The lowest BCUT2D eigenvalue weighted by Gasteiger charge is -2.06. The van der Waals surface area contributed by atoms with Crippen molar-refractivity contribution >= 4 is 27.4 Å². The molecule has 0 amide bonds. The number of nitrogens with one attached hydrogen (secondary N) is 1. The van der Waals surface area contributed by atoms with E-state index in [1.807, 2.05) is 0 Å². The highest BCUT2D eigenvalue weighted by Gasteiger charge is 2.28. The fraction of sp³-hybridized carbons (Fsp3) is 0.444. The molecule has 15 heavy (non-hydrogen) atoms. The van der Waals surface area contributed by atoms with Crippen molar-refractivity contribution < 1.29 is 8.42 Å². The standard InChI is InChI=1S/C9H11ClN2O2S/c10-8-3-4-11-9(5-8)12-15(13,14)6-7-1-2-7/h3-5,7H,1-2,6H2,(H,11,12). The summed E-state index contributed by atoms with van der Waals surface area (Å²) >= 11 is 5.72. The lowest BCUT2D eigenvalue weighted by Crippen LogP contribution is -2.18. The highest BCUT2D eigenvalue weighted by molar-refractivity contribution is 7.92. The first-order valence-electron chi connectivity index (χ1n) is 4.67. The number of pyridine rings is 1. The zero-order chi connectivity index (χ0) is 10.9. The molecular weight excluding hydrogens is 236 g/mol. The normalized spacial score (nSPS) is 16.3. The van der Waals surface area contributed by atoms with Crippen molar-refractivity contribution in [2.75, 3.05) is 10.5 Å². The molecule has 1 heterocycles. The van der Waals surface area contributed by atoms with Crippen LogP contribution in [0.25, 0.3) is 0 Å². The molecule has 1 aliphatic rings. The number of halogens is 1. The number of hydrogen-bond donors (Lipinski definition) is 1. The number of aromatic nitrogens is 1. The van der Waals surface area contributed by atoms with E-state index < -0.39 is 10.0 Å². The summed E-state index contributed by atoms with van der Waals surface area (Å²) < 4.78 is 25.5. The molecule has 4 nitrogen and oxygen atoms in total. The maximum absolute atomic E-state index is 11.6. The van der Waals surface area contributed by atoms with Gasteiger partial charge in [0, 0.05) is 17.3 Å². The van der Waals surface area contributed by atoms with Crippen molar-refractivity contribution in [3.05, 3.63) is 23.4 Å². The Hall–Kier alpha value is -0.810. The van der Waals surface area contributed by atoms with Crippen LogP contribution in [-0.2, 0) is 10.0 Å². The van der Waals surface area contributed by atoms with Gasteiger partial charge >= 0.3 is 0 Å². The van der Waals surface area contributed by atoms with E-state index in [0.29, 0.717) is 10.9 Å². The minimum absolute atomic E-state index is 0.182. The van der Waals surface area contributed by atoms with Gasteiger partial charge in [-0.2, -0.15) is 0 Å². The molecule has 1 aliphatic carbocycles. The van der Waals surface area contributed by atoms with Gasteiger partial charge in [-0.1, -0.05) is 11.6 Å². The molecule has 0 atom stereocenters. The van der Waals surface area contributed by atoms with Crippen molar-refractivity contribution in [3.8, 4) is 0 Å². The smallest absolute Gasteiger partial charge is 0.234 e. The third kappa shape index (κ3) is 3.35. The summed E-state index contributed by atoms with van der Waals surface area (Å²) in [5.74, 6) is 0.783. The molecule has 0 unspecified atom stereocenters. The third-order valence-corrected chi connectivity index (χ3v) is 3.80. The van der Waals surface area contributed by atoms with E-state index in [1.165, 1.54) is 12.3 Å². The van der Waals surface area contributed by atoms with Gasteiger partial charge in [-0.25, -0.2) is 13.4 Å². The fourth-order valence-electron chi connectivity index (χ4n) is 1.26. The molecule has 82 valence electrons. The summed E-state index contributed by atoms with van der Waals surface area (Å²) in [7, 11) is -3.26. The predicted octanol–water partition coefficient (Wildman–Crippen LogP) is 1.89. The van der Waals surface area contributed by atoms with Gasteiger partial charge in [-0.15, -0.1) is 0 Å². The van der Waals surface area contributed by atoms with Crippen LogP contribution in [0.1, 0.15) is 12.8 Å². The van der Waals surface area contributed by atoms with Crippen molar-refractivity contribution in [3.63, 3.8) is 0 Å². The van der Waals surface area contributed by atoms with E-state index in [0.717, 1.165) is 12.8 Å². The SMILES string of the molecule is O=S(=O)(CC1CC1)Nc1cc(Cl)ccn1. The Labute approximate surface area is 93.7 Å². The van der Waals surface area contributed by atoms with Gasteiger partial charge < -0.3 is 0 Å². The second-order valence-corrected chi connectivity index (χ2v) is 5.89. The third-order valence-electron chi connectivity index (χ3n) is 2.13. The van der Waals surface area contributed by atoms with Crippen molar-refractivity contribution in [2.24, 2.45) is 5.92 Å². The van der Waals surface area contributed by atoms with E-state index in [1.54, 1.807) is 6.07 Å². The number of anilines is 1. The fourth-order valence-corrected chi connectivity index (χ4v) is 2.88. The monoisotopic (exact) mass is 246 g/mol. The summed E-state index contributed by atoms with van der Waals surface area (Å²) in [6.45, 7) is 0. The van der Waals surface area contributed by atoms with Gasteiger partial charge in [0.25, 0.3) is 0 Å². The molecule has 6 heteroatoms. The average Bonchev–Trinajstić information content (AvgIpc) is 2.86. The number of rotatable bonds is 4. The van der Waals surface area contributed by atoms with Gasteiger partial charge in [-0.05, 0) is 24.8 Å². The second kappa shape index (κ2) is 3.98. The molecule has 0 aromatic carbocycles. The Morgan fingerprint density at radius 2 is 2.27 bits per heavy atom. The van der Waals surface area contributed by atoms with Crippen LogP contribution in [0.2, 0.25) is 5.02 Å². The van der Waals surface area contributed by atoms with E-state index >= 15 is 0 Å². The first-order chi connectivity index (χ1) is 7.05. The maximum atomic E-state index is 11.6. The zero-order valence-corrected chi connectivity index (χ0v) is 9.55. The van der Waals surface area contributed by atoms with Crippen LogP contribution in [0.15, 0.2) is 18.3 Å². The molecular formula is C9H11ClN2O2S. The lowest BCUT2D eigenvalue weighted by atomic mass is 10.5. The van der Waals surface area contributed by atoms with Crippen LogP contribution >= 0.6 is 11.6 Å². The van der Waals surface area contributed by atoms with Crippen LogP contribution in [0.3, 0.4) is 0 Å². The highest BCUT2D eigenvalue weighted by atomic mass is 35.5. The molecule has 0 spiro atoms. The van der Waals surface area contributed by atoms with E-state index in [9.17, 15) is 8.42 Å². The Bertz CT molecular complexity index is 457. The number of hydrogen-bond acceptors (Lipinski definition) is 3. The Morgan fingerprint density at radius 1 is 1.53 bits per heavy atom. The topological polar surface area (TPSA) is 59.1 Å². The van der Waals surface area contributed by atoms with Crippen molar-refractivity contribution in [1.82, 2.24) is 4.98 Å². The van der Waals surface area contributed by atoms with Gasteiger partial charge in [0.15, 0.2) is 0 Å². The van der Waals surface area contributed by atoms with Crippen LogP contribution in [0.4, 0.5) is 5.82 Å². The quantitative estimate of drug-likeness (QED) is 0.883. The van der Waals surface area contributed by atoms with Gasteiger partial charge in [0.2, 0.25) is 10.0 Å². The summed E-state index contributed by atoms with van der Waals surface area (Å²) in [4.78, 5) is 3.88. The zero-order valence-electron chi connectivity index (χ0n) is 7.98. The molecule has 1 N–H and O–H groups in total. The molecule has 2 rings (SSSR count). The van der Waals surface area contributed by atoms with Crippen molar-refractivity contribution in [1.29, 1.82) is 0 Å². The van der Waals surface area contributed by atoms with Crippen LogP contribution in [0, 0.1) is 5.92 Å². The molecule has 0 bridgehead atoms. The summed E-state index contributed by atoms with van der Waals surface area (Å²) in [6, 6.07) is 3.09. The van der Waals surface area contributed by atoms with Crippen molar-refractivity contribution in [2.45, 2.75) is 12.8 Å². The summed E-state index contributed by atoms with van der Waals surface area (Å²) in [5.41, 5.74) is 0. The predicted molar refractivity (Wildman–Crippen MR) is 59.4 cm³/mol. The molecule has 1 aromatic heterocycles. The van der Waals surface area contributed by atoms with Crippen LogP contribution in [-0.4, -0.2) is 19.2 Å². The molecule has 1 aromatic rings. The first-order valence-corrected chi connectivity index (χ1v) is 6.70. The van der Waals surface area contributed by atoms with Gasteiger partial charge in [0.05, 0.1) is 5.75 Å². The Kier molecular flexibility index (Phi) is 2.84. The highest BCUT2D eigenvalue weighted by Crippen LogP contribution is 2.30. The molecule has 0 saturated heterocycles. The van der Waals surface area contributed by atoms with E-state index in [-0.39, 0.29) is 11.6 Å². The largest absolute Gasteiger partial charge is 0.267 e. The minimum Gasteiger partial charge on any atom is -0.267 e. The minimum atomic E-state index is -3.26. The number of sulfonamides is 1. The number of nitrogens with zero attached hydrogens (tertiary/aromatic N) is 1.